The van der Waals surface area contributed by atoms with Gasteiger partial charge in [0.15, 0.2) is 11.5 Å². The molecule has 5 nitrogen and oxygen atoms in total. The van der Waals surface area contributed by atoms with E-state index in [0.717, 1.165) is 18.4 Å². The van der Waals surface area contributed by atoms with Gasteiger partial charge in [-0.1, -0.05) is 6.07 Å². The van der Waals surface area contributed by atoms with Crippen molar-refractivity contribution in [2.24, 2.45) is 0 Å². The van der Waals surface area contributed by atoms with Crippen molar-refractivity contribution in [2.45, 2.75) is 38.3 Å². The third-order valence-electron chi connectivity index (χ3n) is 3.45. The SMILES string of the molecule is COc1cc(C(C)NCCC(=O)NC2CC2)ccc1O. The highest BCUT2D eigenvalue weighted by Crippen LogP contribution is 2.28. The van der Waals surface area contributed by atoms with E-state index >= 15 is 0 Å². The van der Waals surface area contributed by atoms with Crippen LogP contribution in [0, 0.1) is 0 Å². The van der Waals surface area contributed by atoms with Gasteiger partial charge in [0.1, 0.15) is 0 Å². The van der Waals surface area contributed by atoms with Crippen molar-refractivity contribution in [3.63, 3.8) is 0 Å². The molecule has 1 saturated carbocycles. The van der Waals surface area contributed by atoms with Gasteiger partial charge in [-0.2, -0.15) is 0 Å². The van der Waals surface area contributed by atoms with Gasteiger partial charge in [0.25, 0.3) is 0 Å². The zero-order valence-electron chi connectivity index (χ0n) is 12.0. The van der Waals surface area contributed by atoms with Crippen molar-refractivity contribution in [1.29, 1.82) is 0 Å². The van der Waals surface area contributed by atoms with Crippen molar-refractivity contribution in [1.82, 2.24) is 10.6 Å². The van der Waals surface area contributed by atoms with E-state index in [4.69, 9.17) is 4.74 Å². The van der Waals surface area contributed by atoms with E-state index in [0.29, 0.717) is 24.8 Å². The first-order valence-corrected chi connectivity index (χ1v) is 7.00. The largest absolute Gasteiger partial charge is 0.504 e. The number of amides is 1. The average molecular weight is 278 g/mol. The first-order valence-electron chi connectivity index (χ1n) is 7.00. The molecule has 0 spiro atoms. The van der Waals surface area contributed by atoms with Crippen molar-refractivity contribution in [3.8, 4) is 11.5 Å². The highest BCUT2D eigenvalue weighted by atomic mass is 16.5. The van der Waals surface area contributed by atoms with Crippen LogP contribution in [0.4, 0.5) is 0 Å². The van der Waals surface area contributed by atoms with Gasteiger partial charge in [-0.05, 0) is 37.5 Å². The summed E-state index contributed by atoms with van der Waals surface area (Å²) in [5, 5.41) is 15.8. The Kier molecular flexibility index (Phi) is 4.84. The zero-order valence-corrected chi connectivity index (χ0v) is 12.0. The van der Waals surface area contributed by atoms with Crippen molar-refractivity contribution >= 4 is 5.91 Å². The molecule has 0 aliphatic heterocycles. The van der Waals surface area contributed by atoms with Crippen molar-refractivity contribution < 1.29 is 14.6 Å². The summed E-state index contributed by atoms with van der Waals surface area (Å²) in [5.41, 5.74) is 1.02. The second-order valence-corrected chi connectivity index (χ2v) is 5.20. The number of aromatic hydroxyl groups is 1. The van der Waals surface area contributed by atoms with Crippen LogP contribution in [0.3, 0.4) is 0 Å². The van der Waals surface area contributed by atoms with Crippen LogP contribution in [0.1, 0.15) is 37.8 Å². The van der Waals surface area contributed by atoms with E-state index in [9.17, 15) is 9.90 Å². The summed E-state index contributed by atoms with van der Waals surface area (Å²) >= 11 is 0. The predicted octanol–water partition coefficient (Wildman–Crippen LogP) is 1.72. The Labute approximate surface area is 119 Å². The molecule has 1 aromatic rings. The molecule has 2 rings (SSSR count). The van der Waals surface area contributed by atoms with Gasteiger partial charge in [0.05, 0.1) is 7.11 Å². The maximum absolute atomic E-state index is 11.6. The zero-order chi connectivity index (χ0) is 14.5. The molecular weight excluding hydrogens is 256 g/mol. The Bertz CT molecular complexity index is 472. The molecule has 1 fully saturated rings. The molecule has 3 N–H and O–H groups in total. The summed E-state index contributed by atoms with van der Waals surface area (Å²) < 4.78 is 5.09. The van der Waals surface area contributed by atoms with E-state index in [1.54, 1.807) is 12.1 Å². The van der Waals surface area contributed by atoms with E-state index in [1.807, 2.05) is 13.0 Å². The van der Waals surface area contributed by atoms with E-state index < -0.39 is 0 Å². The van der Waals surface area contributed by atoms with Gasteiger partial charge in [-0.25, -0.2) is 0 Å². The lowest BCUT2D eigenvalue weighted by atomic mass is 10.1. The molecule has 0 aromatic heterocycles. The summed E-state index contributed by atoms with van der Waals surface area (Å²) in [6.07, 6.45) is 2.71. The number of carbonyl (C=O) groups is 1. The first kappa shape index (κ1) is 14.7. The van der Waals surface area contributed by atoms with Crippen LogP contribution in [0.25, 0.3) is 0 Å². The average Bonchev–Trinajstić information content (AvgIpc) is 3.23. The lowest BCUT2D eigenvalue weighted by Crippen LogP contribution is -2.30. The number of hydrogen-bond donors (Lipinski definition) is 3. The Morgan fingerprint density at radius 1 is 1.50 bits per heavy atom. The summed E-state index contributed by atoms with van der Waals surface area (Å²) in [7, 11) is 1.53. The van der Waals surface area contributed by atoms with Gasteiger partial charge in [-0.3, -0.25) is 4.79 Å². The molecule has 1 unspecified atom stereocenters. The van der Waals surface area contributed by atoms with Crippen LogP contribution in [-0.4, -0.2) is 30.7 Å². The molecule has 110 valence electrons. The maximum Gasteiger partial charge on any atom is 0.221 e. The van der Waals surface area contributed by atoms with E-state index in [2.05, 4.69) is 10.6 Å². The molecule has 0 bridgehead atoms. The smallest absolute Gasteiger partial charge is 0.221 e. The van der Waals surface area contributed by atoms with Gasteiger partial charge >= 0.3 is 0 Å². The van der Waals surface area contributed by atoms with Gasteiger partial charge < -0.3 is 20.5 Å². The normalized spacial score (nSPS) is 15.7. The number of benzene rings is 1. The fraction of sp³-hybridized carbons (Fsp3) is 0.533. The van der Waals surface area contributed by atoms with Gasteiger partial charge in [0.2, 0.25) is 5.91 Å². The molecular formula is C15H22N2O3. The number of rotatable bonds is 7. The Morgan fingerprint density at radius 3 is 2.90 bits per heavy atom. The van der Waals surface area contributed by atoms with Crippen LogP contribution in [0.5, 0.6) is 11.5 Å². The van der Waals surface area contributed by atoms with Crippen LogP contribution in [0.15, 0.2) is 18.2 Å². The molecule has 1 aliphatic carbocycles. The van der Waals surface area contributed by atoms with Crippen LogP contribution < -0.4 is 15.4 Å². The van der Waals surface area contributed by atoms with Crippen LogP contribution in [-0.2, 0) is 4.79 Å². The highest BCUT2D eigenvalue weighted by molar-refractivity contribution is 5.76. The summed E-state index contributed by atoms with van der Waals surface area (Å²) in [4.78, 5) is 11.6. The molecule has 0 heterocycles. The Morgan fingerprint density at radius 2 is 2.25 bits per heavy atom. The lowest BCUT2D eigenvalue weighted by Gasteiger charge is -2.15. The molecule has 20 heavy (non-hydrogen) atoms. The van der Waals surface area contributed by atoms with Gasteiger partial charge in [0, 0.05) is 25.0 Å². The van der Waals surface area contributed by atoms with Crippen LogP contribution >= 0.6 is 0 Å². The number of carbonyl (C=O) groups excluding carboxylic acids is 1. The number of phenolic OH excluding ortho intramolecular Hbond substituents is 1. The first-order chi connectivity index (χ1) is 9.60. The number of nitrogens with one attached hydrogen (secondary N) is 2. The molecule has 0 saturated heterocycles. The minimum atomic E-state index is 0.0956. The summed E-state index contributed by atoms with van der Waals surface area (Å²) in [6.45, 7) is 2.65. The minimum Gasteiger partial charge on any atom is -0.504 e. The van der Waals surface area contributed by atoms with E-state index in [1.165, 1.54) is 7.11 Å². The quantitative estimate of drug-likeness (QED) is 0.710. The van der Waals surface area contributed by atoms with E-state index in [-0.39, 0.29) is 17.7 Å². The Balaban J connectivity index is 1.78. The standard InChI is InChI=1S/C15H22N2O3/c1-10(11-3-6-13(18)14(9-11)20-2)16-8-7-15(19)17-12-4-5-12/h3,6,9-10,12,16,18H,4-5,7-8H2,1-2H3,(H,17,19). The molecule has 5 heteroatoms. The molecule has 1 aromatic carbocycles. The molecule has 1 amide bonds. The topological polar surface area (TPSA) is 70.6 Å². The lowest BCUT2D eigenvalue weighted by molar-refractivity contribution is -0.121. The highest BCUT2D eigenvalue weighted by Gasteiger charge is 2.22. The number of hydrogen-bond acceptors (Lipinski definition) is 4. The second kappa shape index (κ2) is 6.61. The number of ether oxygens (including phenoxy) is 1. The predicted molar refractivity (Wildman–Crippen MR) is 76.9 cm³/mol. The molecule has 1 aliphatic rings. The fourth-order valence-electron chi connectivity index (χ4n) is 2.01. The molecule has 1 atom stereocenters. The number of methoxy groups -OCH3 is 1. The van der Waals surface area contributed by atoms with Crippen LogP contribution in [0.2, 0.25) is 0 Å². The third-order valence-corrected chi connectivity index (χ3v) is 3.45. The molecule has 0 radical (unpaired) electrons. The minimum absolute atomic E-state index is 0.0956. The fourth-order valence-corrected chi connectivity index (χ4v) is 2.01. The van der Waals surface area contributed by atoms with Gasteiger partial charge in [-0.15, -0.1) is 0 Å². The maximum atomic E-state index is 11.6. The van der Waals surface area contributed by atoms with Crippen molar-refractivity contribution in [2.75, 3.05) is 13.7 Å². The monoisotopic (exact) mass is 278 g/mol. The van der Waals surface area contributed by atoms with Crippen molar-refractivity contribution in [3.05, 3.63) is 23.8 Å². The summed E-state index contributed by atoms with van der Waals surface area (Å²) in [6, 6.07) is 5.78. The Hall–Kier alpha value is -1.75. The summed E-state index contributed by atoms with van der Waals surface area (Å²) in [5.74, 6) is 0.699. The third kappa shape index (κ3) is 4.13. The second-order valence-electron chi connectivity index (χ2n) is 5.20. The number of phenols is 1.